The van der Waals surface area contributed by atoms with Gasteiger partial charge in [-0.3, -0.25) is 4.98 Å². The topological polar surface area (TPSA) is 38.9 Å². The Labute approximate surface area is 174 Å². The second-order valence-electron chi connectivity index (χ2n) is 7.50. The van der Waals surface area contributed by atoms with Crippen molar-refractivity contribution in [2.75, 3.05) is 0 Å². The van der Waals surface area contributed by atoms with Gasteiger partial charge < -0.3 is 4.42 Å². The molecule has 5 aromatic rings. The van der Waals surface area contributed by atoms with E-state index >= 15 is 0 Å². The highest BCUT2D eigenvalue weighted by atomic mass is 16.3. The monoisotopic (exact) mass is 381 g/mol. The second-order valence-corrected chi connectivity index (χ2v) is 7.50. The number of rotatable bonds is 2. The van der Waals surface area contributed by atoms with Crippen molar-refractivity contribution < 1.29 is 8.53 Å². The van der Waals surface area contributed by atoms with Gasteiger partial charge in [0.15, 0.2) is 0 Å². The number of para-hydroxylation sites is 1. The molecule has 29 heavy (non-hydrogen) atoms. The summed E-state index contributed by atoms with van der Waals surface area (Å²) in [4.78, 5) is 9.20. The van der Waals surface area contributed by atoms with E-state index in [1.807, 2.05) is 75.5 Å². The van der Waals surface area contributed by atoms with Gasteiger partial charge in [-0.1, -0.05) is 30.3 Å². The average Bonchev–Trinajstić information content (AvgIpc) is 3.11. The predicted octanol–water partition coefficient (Wildman–Crippen LogP) is 6.94. The lowest BCUT2D eigenvalue weighted by Crippen LogP contribution is -1.91. The normalized spacial score (nSPS) is 13.4. The average molecular weight is 381 g/mol. The van der Waals surface area contributed by atoms with Crippen molar-refractivity contribution in [3.63, 3.8) is 0 Å². The Morgan fingerprint density at radius 2 is 1.72 bits per heavy atom. The maximum absolute atomic E-state index is 7.86. The number of nitrogens with zero attached hydrogens (tertiary/aromatic N) is 2. The highest BCUT2D eigenvalue weighted by molar-refractivity contribution is 6.08. The lowest BCUT2D eigenvalue weighted by Gasteiger charge is -2.11. The van der Waals surface area contributed by atoms with Gasteiger partial charge in [0, 0.05) is 32.3 Å². The van der Waals surface area contributed by atoms with Crippen molar-refractivity contribution >= 4 is 22.1 Å². The van der Waals surface area contributed by atoms with Crippen LogP contribution in [-0.4, -0.2) is 9.97 Å². The third-order valence-electron chi connectivity index (χ3n) is 5.43. The molecule has 3 nitrogen and oxygen atoms in total. The highest BCUT2D eigenvalue weighted by Gasteiger charge is 2.15. The first-order valence-electron chi connectivity index (χ1n) is 11.1. The summed E-state index contributed by atoms with van der Waals surface area (Å²) in [5.41, 5.74) is 7.81. The molecule has 0 bridgehead atoms. The van der Waals surface area contributed by atoms with E-state index < -0.39 is 6.85 Å². The third kappa shape index (κ3) is 2.90. The smallest absolute Gasteiger partial charge is 0.227 e. The van der Waals surface area contributed by atoms with Crippen molar-refractivity contribution in [1.82, 2.24) is 9.97 Å². The summed E-state index contributed by atoms with van der Waals surface area (Å²) in [7, 11) is 0. The van der Waals surface area contributed by atoms with E-state index in [4.69, 9.17) is 8.53 Å². The van der Waals surface area contributed by atoms with Crippen LogP contribution in [0.1, 0.15) is 26.5 Å². The van der Waals surface area contributed by atoms with Gasteiger partial charge in [0.05, 0.1) is 5.69 Å². The van der Waals surface area contributed by atoms with Crippen LogP contribution in [0.3, 0.4) is 0 Å². The molecule has 0 spiro atoms. The molecule has 142 valence electrons. The molecule has 0 unspecified atom stereocenters. The Bertz CT molecular complexity index is 1500. The van der Waals surface area contributed by atoms with E-state index in [1.165, 1.54) is 0 Å². The van der Waals surface area contributed by atoms with Crippen molar-refractivity contribution in [3.05, 3.63) is 83.2 Å². The van der Waals surface area contributed by atoms with Gasteiger partial charge in [-0.05, 0) is 79.7 Å². The molecule has 0 aliphatic rings. The van der Waals surface area contributed by atoms with Gasteiger partial charge in [-0.2, -0.15) is 0 Å². The van der Waals surface area contributed by atoms with Gasteiger partial charge in [0.25, 0.3) is 0 Å². The molecule has 3 heteroatoms. The summed E-state index contributed by atoms with van der Waals surface area (Å²) in [5, 5.41) is 1.97. The van der Waals surface area contributed by atoms with E-state index in [0.29, 0.717) is 11.3 Å². The number of hydrogen-bond donors (Lipinski definition) is 0. The van der Waals surface area contributed by atoms with Crippen molar-refractivity contribution in [1.29, 1.82) is 0 Å². The summed E-state index contributed by atoms with van der Waals surface area (Å²) >= 11 is 0. The Balaban J connectivity index is 1.70. The number of aromatic nitrogens is 2. The Kier molecular flexibility index (Phi) is 3.28. The fraction of sp³-hybridized carbons (Fsp3) is 0.154. The van der Waals surface area contributed by atoms with Gasteiger partial charge >= 0.3 is 0 Å². The van der Waals surface area contributed by atoms with E-state index in [-0.39, 0.29) is 0 Å². The molecule has 0 N–H and O–H groups in total. The third-order valence-corrected chi connectivity index (χ3v) is 5.43. The summed E-state index contributed by atoms with van der Waals surface area (Å²) < 4.78 is 29.7. The van der Waals surface area contributed by atoms with Gasteiger partial charge in [0.1, 0.15) is 5.58 Å². The Morgan fingerprint density at radius 3 is 2.59 bits per heavy atom. The molecule has 0 fully saturated rings. The minimum atomic E-state index is -2.16. The van der Waals surface area contributed by atoms with Crippen LogP contribution >= 0.6 is 0 Å². The van der Waals surface area contributed by atoms with Crippen LogP contribution in [0.25, 0.3) is 44.5 Å². The first-order chi connectivity index (χ1) is 15.2. The van der Waals surface area contributed by atoms with Crippen molar-refractivity contribution in [2.45, 2.75) is 27.6 Å². The van der Waals surface area contributed by atoms with E-state index in [0.717, 1.165) is 55.6 Å². The fourth-order valence-electron chi connectivity index (χ4n) is 3.74. The summed E-state index contributed by atoms with van der Waals surface area (Å²) in [6.45, 7) is 3.59. The number of aryl methyl sites for hydroxylation is 4. The quantitative estimate of drug-likeness (QED) is 0.332. The molecule has 0 amide bonds. The Hall–Kier alpha value is -3.46. The number of hydrogen-bond acceptors (Lipinski definition) is 3. The standard InChI is InChI=1S/C26H22N2O/c1-15-8-10-19(12-16(15)2)23-13-24(27-14-17(23)3)22-7-5-6-20-21-11-9-18(4)28-26(21)29-25(20)22/h5-14H,1-4H3/i2D3. The molecule has 2 aromatic carbocycles. The zero-order valence-electron chi connectivity index (χ0n) is 19.6. The molecule has 0 saturated heterocycles. The minimum Gasteiger partial charge on any atom is -0.437 e. The maximum atomic E-state index is 7.86. The molecule has 0 atom stereocenters. The van der Waals surface area contributed by atoms with E-state index in [2.05, 4.69) is 9.97 Å². The summed E-state index contributed by atoms with van der Waals surface area (Å²) in [6.07, 6.45) is 1.82. The molecule has 0 aliphatic heterocycles. The lowest BCUT2D eigenvalue weighted by molar-refractivity contribution is 0.653. The van der Waals surface area contributed by atoms with Gasteiger partial charge in [-0.15, -0.1) is 0 Å². The number of fused-ring (bicyclic) bond motifs is 3. The zero-order chi connectivity index (χ0) is 22.6. The van der Waals surface area contributed by atoms with Crippen LogP contribution in [0.4, 0.5) is 0 Å². The first kappa shape index (κ1) is 14.5. The zero-order valence-corrected chi connectivity index (χ0v) is 16.6. The Morgan fingerprint density at radius 1 is 0.828 bits per heavy atom. The van der Waals surface area contributed by atoms with Crippen LogP contribution in [0.5, 0.6) is 0 Å². The predicted molar refractivity (Wildman–Crippen MR) is 119 cm³/mol. The minimum absolute atomic E-state index is 0.369. The first-order valence-corrected chi connectivity index (χ1v) is 9.60. The SMILES string of the molecule is [2H]C([2H])([2H])c1cc(-c2cc(-c3cccc4c3oc3nc(C)ccc34)ncc2C)ccc1C. The molecular formula is C26H22N2O. The van der Waals surface area contributed by atoms with Crippen molar-refractivity contribution in [3.8, 4) is 22.4 Å². The van der Waals surface area contributed by atoms with E-state index in [9.17, 15) is 0 Å². The fourth-order valence-corrected chi connectivity index (χ4v) is 3.74. The largest absolute Gasteiger partial charge is 0.437 e. The van der Waals surface area contributed by atoms with Gasteiger partial charge in [-0.25, -0.2) is 4.98 Å². The molecule has 0 saturated carbocycles. The number of pyridine rings is 2. The molecular weight excluding hydrogens is 356 g/mol. The van der Waals surface area contributed by atoms with Crippen LogP contribution in [-0.2, 0) is 0 Å². The highest BCUT2D eigenvalue weighted by Crippen LogP contribution is 2.36. The van der Waals surface area contributed by atoms with E-state index in [1.54, 1.807) is 6.07 Å². The maximum Gasteiger partial charge on any atom is 0.227 e. The number of benzene rings is 2. The molecule has 0 radical (unpaired) electrons. The van der Waals surface area contributed by atoms with Gasteiger partial charge in [0.2, 0.25) is 5.71 Å². The second kappa shape index (κ2) is 6.56. The molecule has 3 aromatic heterocycles. The van der Waals surface area contributed by atoms with Crippen molar-refractivity contribution in [2.24, 2.45) is 0 Å². The lowest BCUT2D eigenvalue weighted by atomic mass is 9.96. The van der Waals surface area contributed by atoms with Crippen LogP contribution < -0.4 is 0 Å². The summed E-state index contributed by atoms with van der Waals surface area (Å²) in [6, 6.07) is 17.6. The van der Waals surface area contributed by atoms with Crippen LogP contribution in [0.15, 0.2) is 65.2 Å². The molecule has 5 rings (SSSR count). The molecule has 3 heterocycles. The molecule has 0 aliphatic carbocycles. The summed E-state index contributed by atoms with van der Waals surface area (Å²) in [5.74, 6) is 0. The number of furan rings is 1. The van der Waals surface area contributed by atoms with Crippen LogP contribution in [0, 0.1) is 27.6 Å². The van der Waals surface area contributed by atoms with Crippen LogP contribution in [0.2, 0.25) is 0 Å².